The first-order chi connectivity index (χ1) is 9.86. The van der Waals surface area contributed by atoms with E-state index in [-0.39, 0.29) is 11.3 Å². The third kappa shape index (κ3) is 4.55. The number of nitrogens with zero attached hydrogens (tertiary/aromatic N) is 1. The number of benzene rings is 1. The first-order valence-electron chi connectivity index (χ1n) is 7.74. The maximum atomic E-state index is 12.1. The second-order valence-electron chi connectivity index (χ2n) is 7.01. The number of carbonyl (C=O) groups is 1. The quantitative estimate of drug-likeness (QED) is 0.895. The smallest absolute Gasteiger partial charge is 0.241 e. The summed E-state index contributed by atoms with van der Waals surface area (Å²) in [4.78, 5) is 14.5. The Bertz CT molecular complexity index is 470. The SMILES string of the molecule is CC(C)(C)C(N)C(=O)Nc1ccc(CN2CCCC2)cc1. The molecule has 1 amide bonds. The Kier molecular flexibility index (Phi) is 5.01. The summed E-state index contributed by atoms with van der Waals surface area (Å²) in [5, 5.41) is 2.89. The van der Waals surface area contributed by atoms with E-state index in [1.54, 1.807) is 0 Å². The Hall–Kier alpha value is -1.39. The lowest BCUT2D eigenvalue weighted by Crippen LogP contribution is -2.45. The van der Waals surface area contributed by atoms with Crippen molar-refractivity contribution < 1.29 is 4.79 Å². The molecule has 4 nitrogen and oxygen atoms in total. The molecule has 0 saturated carbocycles. The summed E-state index contributed by atoms with van der Waals surface area (Å²) in [5.41, 5.74) is 7.82. The van der Waals surface area contributed by atoms with Crippen molar-refractivity contribution in [2.24, 2.45) is 11.1 Å². The number of hydrogen-bond acceptors (Lipinski definition) is 3. The number of rotatable bonds is 4. The molecule has 0 spiro atoms. The molecule has 4 heteroatoms. The maximum absolute atomic E-state index is 12.1. The summed E-state index contributed by atoms with van der Waals surface area (Å²) in [6.45, 7) is 9.29. The van der Waals surface area contributed by atoms with Crippen LogP contribution in [0, 0.1) is 5.41 Å². The van der Waals surface area contributed by atoms with Gasteiger partial charge < -0.3 is 11.1 Å². The molecule has 1 aromatic rings. The van der Waals surface area contributed by atoms with Gasteiger partial charge in [-0.25, -0.2) is 0 Å². The third-order valence-corrected chi connectivity index (χ3v) is 4.04. The zero-order chi connectivity index (χ0) is 15.5. The Labute approximate surface area is 127 Å². The lowest BCUT2D eigenvalue weighted by Gasteiger charge is -2.25. The van der Waals surface area contributed by atoms with Gasteiger partial charge in [0.05, 0.1) is 6.04 Å². The van der Waals surface area contributed by atoms with Gasteiger partial charge in [-0.2, -0.15) is 0 Å². The molecule has 1 saturated heterocycles. The van der Waals surface area contributed by atoms with Crippen LogP contribution >= 0.6 is 0 Å². The fourth-order valence-electron chi connectivity index (χ4n) is 2.51. The summed E-state index contributed by atoms with van der Waals surface area (Å²) in [7, 11) is 0. The molecule has 1 heterocycles. The van der Waals surface area contributed by atoms with Gasteiger partial charge >= 0.3 is 0 Å². The average molecular weight is 289 g/mol. The van der Waals surface area contributed by atoms with Crippen LogP contribution in [0.2, 0.25) is 0 Å². The van der Waals surface area contributed by atoms with Crippen LogP contribution in [0.4, 0.5) is 5.69 Å². The Morgan fingerprint density at radius 2 is 1.81 bits per heavy atom. The van der Waals surface area contributed by atoms with Gasteiger partial charge in [0, 0.05) is 12.2 Å². The van der Waals surface area contributed by atoms with E-state index in [4.69, 9.17) is 5.73 Å². The highest BCUT2D eigenvalue weighted by Crippen LogP contribution is 2.20. The maximum Gasteiger partial charge on any atom is 0.241 e. The highest BCUT2D eigenvalue weighted by molar-refractivity contribution is 5.95. The zero-order valence-electron chi connectivity index (χ0n) is 13.4. The lowest BCUT2D eigenvalue weighted by atomic mass is 9.87. The molecule has 1 aromatic carbocycles. The molecule has 1 fully saturated rings. The van der Waals surface area contributed by atoms with Crippen LogP contribution < -0.4 is 11.1 Å². The predicted molar refractivity (Wildman–Crippen MR) is 87.0 cm³/mol. The number of carbonyl (C=O) groups excluding carboxylic acids is 1. The van der Waals surface area contributed by atoms with Crippen LogP contribution in [0.1, 0.15) is 39.2 Å². The van der Waals surface area contributed by atoms with E-state index in [1.165, 1.54) is 31.5 Å². The largest absolute Gasteiger partial charge is 0.325 e. The van der Waals surface area contributed by atoms with Crippen molar-refractivity contribution in [3.05, 3.63) is 29.8 Å². The fourth-order valence-corrected chi connectivity index (χ4v) is 2.51. The van der Waals surface area contributed by atoms with Gasteiger partial charge in [0.25, 0.3) is 0 Å². The van der Waals surface area contributed by atoms with E-state index >= 15 is 0 Å². The average Bonchev–Trinajstić information content (AvgIpc) is 2.92. The highest BCUT2D eigenvalue weighted by atomic mass is 16.2. The van der Waals surface area contributed by atoms with Crippen molar-refractivity contribution in [3.8, 4) is 0 Å². The number of anilines is 1. The van der Waals surface area contributed by atoms with Crippen LogP contribution in [0.3, 0.4) is 0 Å². The second-order valence-corrected chi connectivity index (χ2v) is 7.01. The van der Waals surface area contributed by atoms with Gasteiger partial charge in [-0.3, -0.25) is 9.69 Å². The molecule has 1 atom stereocenters. The number of nitrogens with two attached hydrogens (primary N) is 1. The minimum Gasteiger partial charge on any atom is -0.325 e. The first kappa shape index (κ1) is 16.0. The molecule has 1 aliphatic heterocycles. The molecule has 2 rings (SSSR count). The van der Waals surface area contributed by atoms with Gasteiger partial charge in [-0.05, 0) is 49.0 Å². The molecule has 0 radical (unpaired) electrons. The Balaban J connectivity index is 1.91. The Morgan fingerprint density at radius 1 is 1.24 bits per heavy atom. The van der Waals surface area contributed by atoms with Gasteiger partial charge in [0.1, 0.15) is 0 Å². The summed E-state index contributed by atoms with van der Waals surface area (Å²) >= 11 is 0. The minimum atomic E-state index is -0.512. The molecular weight excluding hydrogens is 262 g/mol. The third-order valence-electron chi connectivity index (χ3n) is 4.04. The van der Waals surface area contributed by atoms with E-state index in [1.807, 2.05) is 32.9 Å². The van der Waals surface area contributed by atoms with Crippen molar-refractivity contribution >= 4 is 11.6 Å². The van der Waals surface area contributed by atoms with Crippen LogP contribution in [0.25, 0.3) is 0 Å². The zero-order valence-corrected chi connectivity index (χ0v) is 13.4. The summed E-state index contributed by atoms with van der Waals surface area (Å²) in [6, 6.07) is 7.56. The van der Waals surface area contributed by atoms with E-state index in [0.717, 1.165) is 12.2 Å². The van der Waals surface area contributed by atoms with Gasteiger partial charge in [0.15, 0.2) is 0 Å². The molecule has 116 valence electrons. The van der Waals surface area contributed by atoms with Crippen molar-refractivity contribution in [3.63, 3.8) is 0 Å². The van der Waals surface area contributed by atoms with Crippen molar-refractivity contribution in [1.82, 2.24) is 4.90 Å². The van der Waals surface area contributed by atoms with Gasteiger partial charge in [0.2, 0.25) is 5.91 Å². The predicted octanol–water partition coefficient (Wildman–Crippen LogP) is 2.59. The van der Waals surface area contributed by atoms with E-state index in [0.29, 0.717) is 0 Å². The summed E-state index contributed by atoms with van der Waals surface area (Å²) < 4.78 is 0. The highest BCUT2D eigenvalue weighted by Gasteiger charge is 2.27. The number of amides is 1. The van der Waals surface area contributed by atoms with Crippen molar-refractivity contribution in [2.45, 2.75) is 46.2 Å². The van der Waals surface area contributed by atoms with Crippen molar-refractivity contribution in [1.29, 1.82) is 0 Å². The summed E-state index contributed by atoms with van der Waals surface area (Å²) in [5.74, 6) is -0.130. The Morgan fingerprint density at radius 3 is 2.33 bits per heavy atom. The van der Waals surface area contributed by atoms with E-state index in [9.17, 15) is 4.79 Å². The van der Waals surface area contributed by atoms with Crippen LogP contribution in [-0.2, 0) is 11.3 Å². The number of nitrogens with one attached hydrogen (secondary N) is 1. The lowest BCUT2D eigenvalue weighted by molar-refractivity contribution is -0.119. The van der Waals surface area contributed by atoms with E-state index in [2.05, 4.69) is 22.3 Å². The number of likely N-dealkylation sites (tertiary alicyclic amines) is 1. The first-order valence-corrected chi connectivity index (χ1v) is 7.74. The molecule has 1 aliphatic rings. The molecule has 1 unspecified atom stereocenters. The monoisotopic (exact) mass is 289 g/mol. The standard InChI is InChI=1S/C17H27N3O/c1-17(2,3)15(18)16(21)19-14-8-6-13(7-9-14)12-20-10-4-5-11-20/h6-9,15H,4-5,10-12,18H2,1-3H3,(H,19,21). The molecule has 21 heavy (non-hydrogen) atoms. The molecule has 0 bridgehead atoms. The van der Waals surface area contributed by atoms with E-state index < -0.39 is 6.04 Å². The summed E-state index contributed by atoms with van der Waals surface area (Å²) in [6.07, 6.45) is 2.61. The fraction of sp³-hybridized carbons (Fsp3) is 0.588. The van der Waals surface area contributed by atoms with Crippen molar-refractivity contribution in [2.75, 3.05) is 18.4 Å². The van der Waals surface area contributed by atoms with Crippen LogP contribution in [0.5, 0.6) is 0 Å². The molecule has 3 N–H and O–H groups in total. The second kappa shape index (κ2) is 6.58. The van der Waals surface area contributed by atoms with Gasteiger partial charge in [-0.15, -0.1) is 0 Å². The molecule has 0 aliphatic carbocycles. The topological polar surface area (TPSA) is 58.4 Å². The van der Waals surface area contributed by atoms with Gasteiger partial charge in [-0.1, -0.05) is 32.9 Å². The molecule has 0 aromatic heterocycles. The number of hydrogen-bond donors (Lipinski definition) is 2. The van der Waals surface area contributed by atoms with Crippen LogP contribution in [0.15, 0.2) is 24.3 Å². The normalized spacial score (nSPS) is 17.7. The van der Waals surface area contributed by atoms with Crippen LogP contribution in [-0.4, -0.2) is 29.9 Å². The molecular formula is C17H27N3O. The minimum absolute atomic E-state index is 0.130.